The molecular formula is C10H22N4S. The minimum atomic E-state index is 0.569. The molecule has 1 rings (SSSR count). The van der Waals surface area contributed by atoms with Crippen molar-refractivity contribution in [3.63, 3.8) is 0 Å². The molecular weight excluding hydrogens is 208 g/mol. The summed E-state index contributed by atoms with van der Waals surface area (Å²) in [5.74, 6) is 9.31. The van der Waals surface area contributed by atoms with E-state index >= 15 is 0 Å². The van der Waals surface area contributed by atoms with Crippen LogP contribution in [0, 0.1) is 5.92 Å². The van der Waals surface area contributed by atoms with Crippen LogP contribution in [-0.4, -0.2) is 42.0 Å². The van der Waals surface area contributed by atoms with Crippen LogP contribution < -0.4 is 11.3 Å². The molecule has 1 atom stereocenters. The van der Waals surface area contributed by atoms with E-state index in [0.29, 0.717) is 12.0 Å². The Morgan fingerprint density at radius 2 is 2.40 bits per heavy atom. The number of nitrogens with one attached hydrogen (secondary N) is 1. The molecule has 4 nitrogen and oxygen atoms in total. The average molecular weight is 230 g/mol. The number of rotatable bonds is 3. The molecule has 0 aromatic carbocycles. The standard InChI is InChI=1S/C10H22N4S/c1-8(2)6-12-10(13-11)14(3)9-4-5-15-7-9/h8-9H,4-7,11H2,1-3H3,(H,12,13). The van der Waals surface area contributed by atoms with E-state index < -0.39 is 0 Å². The van der Waals surface area contributed by atoms with Crippen molar-refractivity contribution >= 4 is 17.7 Å². The van der Waals surface area contributed by atoms with E-state index in [1.165, 1.54) is 17.9 Å². The maximum absolute atomic E-state index is 5.50. The maximum atomic E-state index is 5.50. The Hall–Kier alpha value is -0.420. The second kappa shape index (κ2) is 6.23. The minimum absolute atomic E-state index is 0.569. The second-order valence-electron chi connectivity index (χ2n) is 4.33. The third-order valence-electron chi connectivity index (χ3n) is 2.52. The van der Waals surface area contributed by atoms with Crippen LogP contribution in [0.3, 0.4) is 0 Å². The van der Waals surface area contributed by atoms with E-state index in [0.717, 1.165) is 12.5 Å². The third kappa shape index (κ3) is 3.91. The number of hydrazine groups is 1. The maximum Gasteiger partial charge on any atom is 0.208 e. The minimum Gasteiger partial charge on any atom is -0.341 e. The smallest absolute Gasteiger partial charge is 0.208 e. The lowest BCUT2D eigenvalue weighted by Crippen LogP contribution is -2.47. The van der Waals surface area contributed by atoms with Crippen molar-refractivity contribution in [1.82, 2.24) is 10.3 Å². The summed E-state index contributed by atoms with van der Waals surface area (Å²) in [7, 11) is 2.07. The van der Waals surface area contributed by atoms with Gasteiger partial charge in [0.1, 0.15) is 0 Å². The molecule has 0 aromatic heterocycles. The largest absolute Gasteiger partial charge is 0.341 e. The van der Waals surface area contributed by atoms with Crippen LogP contribution in [0.2, 0.25) is 0 Å². The first kappa shape index (κ1) is 12.6. The van der Waals surface area contributed by atoms with Gasteiger partial charge in [0.2, 0.25) is 5.96 Å². The molecule has 1 saturated heterocycles. The second-order valence-corrected chi connectivity index (χ2v) is 5.48. The Bertz CT molecular complexity index is 211. The van der Waals surface area contributed by atoms with E-state index in [2.05, 4.69) is 36.2 Å². The number of nitrogens with zero attached hydrogens (tertiary/aromatic N) is 2. The van der Waals surface area contributed by atoms with Crippen LogP contribution in [0.4, 0.5) is 0 Å². The summed E-state index contributed by atoms with van der Waals surface area (Å²) in [5, 5.41) is 0. The van der Waals surface area contributed by atoms with E-state index in [-0.39, 0.29) is 0 Å². The summed E-state index contributed by atoms with van der Waals surface area (Å²) < 4.78 is 0. The fraction of sp³-hybridized carbons (Fsp3) is 0.900. The average Bonchev–Trinajstić information content (AvgIpc) is 2.70. The quantitative estimate of drug-likeness (QED) is 0.327. The third-order valence-corrected chi connectivity index (χ3v) is 3.67. The monoisotopic (exact) mass is 230 g/mol. The molecule has 0 amide bonds. The molecule has 3 N–H and O–H groups in total. The molecule has 5 heteroatoms. The van der Waals surface area contributed by atoms with Crippen LogP contribution in [0.15, 0.2) is 4.99 Å². The Labute approximate surface area is 96.7 Å². The Balaban J connectivity index is 2.52. The number of hydrogen-bond donors (Lipinski definition) is 2. The molecule has 0 spiro atoms. The summed E-state index contributed by atoms with van der Waals surface area (Å²) >= 11 is 2.00. The van der Waals surface area contributed by atoms with Crippen LogP contribution in [0.5, 0.6) is 0 Å². The summed E-state index contributed by atoms with van der Waals surface area (Å²) in [6.45, 7) is 5.13. The summed E-state index contributed by atoms with van der Waals surface area (Å²) in [4.78, 5) is 6.65. The van der Waals surface area contributed by atoms with Gasteiger partial charge < -0.3 is 4.90 Å². The number of hydrogen-bond acceptors (Lipinski definition) is 3. The summed E-state index contributed by atoms with van der Waals surface area (Å²) in [6.07, 6.45) is 1.23. The van der Waals surface area contributed by atoms with Gasteiger partial charge in [0.25, 0.3) is 0 Å². The lowest BCUT2D eigenvalue weighted by molar-refractivity contribution is 0.382. The van der Waals surface area contributed by atoms with Crippen LogP contribution in [-0.2, 0) is 0 Å². The van der Waals surface area contributed by atoms with Gasteiger partial charge in [-0.05, 0) is 18.1 Å². The van der Waals surface area contributed by atoms with E-state index in [1.54, 1.807) is 0 Å². The van der Waals surface area contributed by atoms with Gasteiger partial charge in [-0.2, -0.15) is 11.8 Å². The van der Waals surface area contributed by atoms with Crippen LogP contribution in [0.25, 0.3) is 0 Å². The molecule has 88 valence electrons. The zero-order valence-corrected chi connectivity index (χ0v) is 10.7. The van der Waals surface area contributed by atoms with Gasteiger partial charge >= 0.3 is 0 Å². The summed E-state index contributed by atoms with van der Waals surface area (Å²) in [6, 6.07) is 0.581. The predicted molar refractivity (Wildman–Crippen MR) is 68.0 cm³/mol. The highest BCUT2D eigenvalue weighted by Crippen LogP contribution is 2.21. The Morgan fingerprint density at radius 1 is 1.67 bits per heavy atom. The van der Waals surface area contributed by atoms with Gasteiger partial charge in [0, 0.05) is 25.4 Å². The highest BCUT2D eigenvalue weighted by Gasteiger charge is 2.22. The van der Waals surface area contributed by atoms with E-state index in [9.17, 15) is 0 Å². The molecule has 1 fully saturated rings. The molecule has 1 aliphatic rings. The van der Waals surface area contributed by atoms with Gasteiger partial charge in [-0.15, -0.1) is 0 Å². The molecule has 0 radical (unpaired) electrons. The molecule has 0 aromatic rings. The molecule has 1 unspecified atom stereocenters. The molecule has 15 heavy (non-hydrogen) atoms. The molecule has 0 saturated carbocycles. The molecule has 0 bridgehead atoms. The summed E-state index contributed by atoms with van der Waals surface area (Å²) in [5.41, 5.74) is 2.70. The van der Waals surface area contributed by atoms with Crippen molar-refractivity contribution in [2.24, 2.45) is 16.8 Å². The lowest BCUT2D eigenvalue weighted by atomic mass is 10.2. The van der Waals surface area contributed by atoms with Crippen LogP contribution in [0.1, 0.15) is 20.3 Å². The Morgan fingerprint density at radius 3 is 2.87 bits per heavy atom. The fourth-order valence-corrected chi connectivity index (χ4v) is 2.80. The topological polar surface area (TPSA) is 53.6 Å². The highest BCUT2D eigenvalue weighted by molar-refractivity contribution is 7.99. The van der Waals surface area contributed by atoms with Gasteiger partial charge in [-0.1, -0.05) is 13.8 Å². The van der Waals surface area contributed by atoms with Gasteiger partial charge in [0.05, 0.1) is 0 Å². The lowest BCUT2D eigenvalue weighted by Gasteiger charge is -2.26. The number of aliphatic imine (C=N–C) groups is 1. The zero-order chi connectivity index (χ0) is 11.3. The number of nitrogens with two attached hydrogens (primary N) is 1. The van der Waals surface area contributed by atoms with E-state index in [4.69, 9.17) is 5.84 Å². The first-order chi connectivity index (χ1) is 7.15. The van der Waals surface area contributed by atoms with Gasteiger partial charge in [0.15, 0.2) is 0 Å². The van der Waals surface area contributed by atoms with Crippen molar-refractivity contribution in [2.75, 3.05) is 25.1 Å². The SMILES string of the molecule is CC(C)CN=C(NN)N(C)C1CCSC1. The molecule has 1 aliphatic heterocycles. The highest BCUT2D eigenvalue weighted by atomic mass is 32.2. The first-order valence-corrected chi connectivity index (χ1v) is 6.62. The van der Waals surface area contributed by atoms with E-state index in [1.807, 2.05) is 11.8 Å². The zero-order valence-electron chi connectivity index (χ0n) is 9.86. The van der Waals surface area contributed by atoms with Crippen LogP contribution >= 0.6 is 11.8 Å². The van der Waals surface area contributed by atoms with Crippen molar-refractivity contribution in [1.29, 1.82) is 0 Å². The number of guanidine groups is 1. The first-order valence-electron chi connectivity index (χ1n) is 5.46. The van der Waals surface area contributed by atoms with Crippen molar-refractivity contribution < 1.29 is 0 Å². The van der Waals surface area contributed by atoms with Gasteiger partial charge in [-0.3, -0.25) is 10.4 Å². The van der Waals surface area contributed by atoms with Crippen molar-refractivity contribution in [2.45, 2.75) is 26.3 Å². The number of thioether (sulfide) groups is 1. The Kier molecular flexibility index (Phi) is 5.25. The molecule has 1 heterocycles. The fourth-order valence-electron chi connectivity index (χ4n) is 1.53. The predicted octanol–water partition coefficient (Wildman–Crippen LogP) is 0.899. The van der Waals surface area contributed by atoms with Gasteiger partial charge in [-0.25, -0.2) is 5.84 Å². The normalized spacial score (nSPS) is 22.2. The molecule has 0 aliphatic carbocycles. The van der Waals surface area contributed by atoms with Crippen molar-refractivity contribution in [3.8, 4) is 0 Å². The van der Waals surface area contributed by atoms with Crippen molar-refractivity contribution in [3.05, 3.63) is 0 Å².